The average molecular weight is 190 g/mol. The molecule has 3 nitrogen and oxygen atoms in total. The molecule has 0 rings (SSSR count). The van der Waals surface area contributed by atoms with E-state index in [-0.39, 0.29) is 6.10 Å². The van der Waals surface area contributed by atoms with E-state index in [0.29, 0.717) is 11.4 Å². The molecule has 0 N–H and O–H groups in total. The molecule has 0 bridgehead atoms. The van der Waals surface area contributed by atoms with Crippen LogP contribution in [0.4, 0.5) is 0 Å². The Hall–Kier alpha value is -0.120. The maximum atomic E-state index is 5.84. The lowest BCUT2D eigenvalue weighted by atomic mass is 10.3. The highest BCUT2D eigenvalue weighted by Gasteiger charge is 2.29. The Balaban J connectivity index is 4.19. The molecule has 80 valence electrons. The number of quaternary nitrogens is 1. The molecule has 0 aromatic rings. The Morgan fingerprint density at radius 1 is 1.08 bits per heavy atom. The van der Waals surface area contributed by atoms with Crippen molar-refractivity contribution < 1.29 is 14.5 Å². The summed E-state index contributed by atoms with van der Waals surface area (Å²) >= 11 is 0. The van der Waals surface area contributed by atoms with Crippen LogP contribution in [0, 0.1) is 0 Å². The van der Waals surface area contributed by atoms with Crippen LogP contribution in [0.2, 0.25) is 0 Å². The monoisotopic (exact) mass is 190 g/mol. The summed E-state index contributed by atoms with van der Waals surface area (Å²) in [5.74, 6) is 0. The van der Waals surface area contributed by atoms with Gasteiger partial charge in [0.2, 0.25) is 0 Å². The van der Waals surface area contributed by atoms with Crippen molar-refractivity contribution in [1.82, 2.24) is 0 Å². The molecular formula is C10H24NO2+. The number of rotatable bonds is 7. The minimum Gasteiger partial charge on any atom is -0.168 e. The van der Waals surface area contributed by atoms with E-state index < -0.39 is 0 Å². The van der Waals surface area contributed by atoms with Crippen molar-refractivity contribution in [2.75, 3.05) is 19.7 Å². The standard InChI is InChI=1S/C10H24NO2/c1-6-10(5)13-11(7-2,8-3)12-9-4/h10H,6-9H2,1-5H3/q+1. The molecular weight excluding hydrogens is 166 g/mol. The van der Waals surface area contributed by atoms with Crippen LogP contribution in [-0.4, -0.2) is 30.6 Å². The molecule has 0 aromatic carbocycles. The summed E-state index contributed by atoms with van der Waals surface area (Å²) in [5, 5.41) is 0. The molecule has 13 heavy (non-hydrogen) atoms. The normalized spacial score (nSPS) is 14.5. The van der Waals surface area contributed by atoms with Gasteiger partial charge in [0.15, 0.2) is 0 Å². The highest BCUT2D eigenvalue weighted by molar-refractivity contribution is 4.38. The van der Waals surface area contributed by atoms with Gasteiger partial charge in [0, 0.05) is 0 Å². The molecule has 0 radical (unpaired) electrons. The van der Waals surface area contributed by atoms with Crippen molar-refractivity contribution in [2.45, 2.75) is 47.1 Å². The Morgan fingerprint density at radius 2 is 1.62 bits per heavy atom. The fourth-order valence-corrected chi connectivity index (χ4v) is 1.22. The van der Waals surface area contributed by atoms with Crippen molar-refractivity contribution in [2.24, 2.45) is 0 Å². The van der Waals surface area contributed by atoms with Crippen LogP contribution >= 0.6 is 0 Å². The zero-order chi connectivity index (χ0) is 10.3. The SMILES string of the molecule is CCO[N+](CC)(CC)OC(C)CC. The van der Waals surface area contributed by atoms with Gasteiger partial charge in [0.25, 0.3) is 0 Å². The number of hydroxylamine groups is 4. The first-order chi connectivity index (χ1) is 6.14. The fourth-order valence-electron chi connectivity index (χ4n) is 1.22. The summed E-state index contributed by atoms with van der Waals surface area (Å²) in [6, 6.07) is 0. The van der Waals surface area contributed by atoms with Gasteiger partial charge in [0.05, 0.1) is 0 Å². The van der Waals surface area contributed by atoms with Crippen molar-refractivity contribution in [3.8, 4) is 0 Å². The van der Waals surface area contributed by atoms with Gasteiger partial charge < -0.3 is 0 Å². The van der Waals surface area contributed by atoms with Crippen LogP contribution in [0.3, 0.4) is 0 Å². The molecule has 0 aliphatic rings. The van der Waals surface area contributed by atoms with Crippen molar-refractivity contribution in [1.29, 1.82) is 0 Å². The third-order valence-corrected chi connectivity index (χ3v) is 2.27. The number of hydrogen-bond donors (Lipinski definition) is 0. The van der Waals surface area contributed by atoms with Gasteiger partial charge in [0.1, 0.15) is 25.8 Å². The van der Waals surface area contributed by atoms with E-state index in [2.05, 4.69) is 27.7 Å². The summed E-state index contributed by atoms with van der Waals surface area (Å²) in [4.78, 5) is 11.8. The first-order valence-electron chi connectivity index (χ1n) is 5.34. The smallest absolute Gasteiger partial charge is 0.139 e. The molecule has 0 aliphatic carbocycles. The van der Waals surface area contributed by atoms with Gasteiger partial charge in [-0.25, -0.2) is 0 Å². The van der Waals surface area contributed by atoms with E-state index in [4.69, 9.17) is 9.68 Å². The number of nitrogens with zero attached hydrogens (tertiary/aromatic N) is 1. The highest BCUT2D eigenvalue weighted by Crippen LogP contribution is 2.13. The largest absolute Gasteiger partial charge is 0.168 e. The molecule has 3 heteroatoms. The van der Waals surface area contributed by atoms with E-state index in [9.17, 15) is 0 Å². The quantitative estimate of drug-likeness (QED) is 0.453. The molecule has 0 saturated carbocycles. The Bertz CT molecular complexity index is 124. The molecule has 1 unspecified atom stereocenters. The topological polar surface area (TPSA) is 18.5 Å². The van der Waals surface area contributed by atoms with Gasteiger partial charge in [-0.1, -0.05) is 6.92 Å². The molecule has 0 spiro atoms. The van der Waals surface area contributed by atoms with E-state index in [0.717, 1.165) is 19.5 Å². The third-order valence-electron chi connectivity index (χ3n) is 2.27. The second-order valence-electron chi connectivity index (χ2n) is 3.19. The van der Waals surface area contributed by atoms with Crippen LogP contribution in [0.25, 0.3) is 0 Å². The minimum absolute atomic E-state index is 0.256. The minimum atomic E-state index is 0.256. The van der Waals surface area contributed by atoms with Crippen LogP contribution in [0.1, 0.15) is 41.0 Å². The first kappa shape index (κ1) is 12.9. The predicted molar refractivity (Wildman–Crippen MR) is 53.8 cm³/mol. The Morgan fingerprint density at radius 3 is 1.92 bits per heavy atom. The maximum Gasteiger partial charge on any atom is 0.139 e. The Labute approximate surface area is 82.1 Å². The lowest BCUT2D eigenvalue weighted by molar-refractivity contribution is -1.25. The van der Waals surface area contributed by atoms with Gasteiger partial charge in [-0.3, -0.25) is 0 Å². The van der Waals surface area contributed by atoms with Gasteiger partial charge >= 0.3 is 0 Å². The van der Waals surface area contributed by atoms with Crippen LogP contribution in [0.5, 0.6) is 0 Å². The molecule has 0 amide bonds. The first-order valence-corrected chi connectivity index (χ1v) is 5.34. The van der Waals surface area contributed by atoms with E-state index in [1.165, 1.54) is 0 Å². The van der Waals surface area contributed by atoms with E-state index >= 15 is 0 Å². The third kappa shape index (κ3) is 4.07. The molecule has 0 heterocycles. The molecule has 0 fully saturated rings. The van der Waals surface area contributed by atoms with Gasteiger partial charge in [-0.2, -0.15) is 9.68 Å². The Kier molecular flexibility index (Phi) is 6.29. The molecule has 0 aromatic heterocycles. The summed E-state index contributed by atoms with van der Waals surface area (Å²) < 4.78 is 0. The fraction of sp³-hybridized carbons (Fsp3) is 1.00. The maximum absolute atomic E-state index is 5.84. The molecule has 1 atom stereocenters. The zero-order valence-electron chi connectivity index (χ0n) is 9.67. The predicted octanol–water partition coefficient (Wildman–Crippen LogP) is 2.52. The second-order valence-corrected chi connectivity index (χ2v) is 3.19. The van der Waals surface area contributed by atoms with Crippen molar-refractivity contribution in [3.05, 3.63) is 0 Å². The van der Waals surface area contributed by atoms with Crippen LogP contribution in [-0.2, 0) is 9.68 Å². The van der Waals surface area contributed by atoms with Crippen LogP contribution in [0.15, 0.2) is 0 Å². The van der Waals surface area contributed by atoms with Gasteiger partial charge in [-0.05, 0) is 38.9 Å². The van der Waals surface area contributed by atoms with E-state index in [1.807, 2.05) is 6.92 Å². The lowest BCUT2D eigenvalue weighted by Gasteiger charge is -2.32. The zero-order valence-corrected chi connectivity index (χ0v) is 9.67. The van der Waals surface area contributed by atoms with E-state index in [1.54, 1.807) is 0 Å². The van der Waals surface area contributed by atoms with Gasteiger partial charge in [-0.15, -0.1) is 0 Å². The number of hydrogen-bond acceptors (Lipinski definition) is 2. The molecule has 0 aliphatic heterocycles. The van der Waals surface area contributed by atoms with Crippen molar-refractivity contribution >= 4 is 0 Å². The summed E-state index contributed by atoms with van der Waals surface area (Å²) in [6.07, 6.45) is 1.28. The average Bonchev–Trinajstić information content (AvgIpc) is 2.17. The second kappa shape index (κ2) is 6.35. The summed E-state index contributed by atoms with van der Waals surface area (Å²) in [5.41, 5.74) is 0. The van der Waals surface area contributed by atoms with Crippen LogP contribution < -0.4 is 0 Å². The molecule has 0 saturated heterocycles. The van der Waals surface area contributed by atoms with Crippen molar-refractivity contribution in [3.63, 3.8) is 0 Å². The lowest BCUT2D eigenvalue weighted by Crippen LogP contribution is -2.49. The highest BCUT2D eigenvalue weighted by atomic mass is 17.0. The summed E-state index contributed by atoms with van der Waals surface area (Å²) in [7, 11) is 0. The summed E-state index contributed by atoms with van der Waals surface area (Å²) in [6.45, 7) is 12.8.